The number of benzene rings is 1. The summed E-state index contributed by atoms with van der Waals surface area (Å²) in [6, 6.07) is 6.88. The van der Waals surface area contributed by atoms with Crippen LogP contribution in [-0.2, 0) is 14.3 Å². The molecule has 0 saturated heterocycles. The summed E-state index contributed by atoms with van der Waals surface area (Å²) in [4.78, 5) is 36.8. The maximum Gasteiger partial charge on any atom is 0.331 e. The van der Waals surface area contributed by atoms with Gasteiger partial charge >= 0.3 is 5.97 Å². The number of ether oxygens (including phenoxy) is 2. The van der Waals surface area contributed by atoms with Crippen molar-refractivity contribution in [3.63, 3.8) is 0 Å². The van der Waals surface area contributed by atoms with Crippen LogP contribution in [0, 0.1) is 0 Å². The van der Waals surface area contributed by atoms with Crippen molar-refractivity contribution in [1.82, 2.24) is 5.32 Å². The second-order valence-corrected chi connectivity index (χ2v) is 6.44. The summed E-state index contributed by atoms with van der Waals surface area (Å²) in [5.74, 6) is -0.0675. The lowest BCUT2D eigenvalue weighted by Crippen LogP contribution is -2.53. The third-order valence-electron chi connectivity index (χ3n) is 4.57. The van der Waals surface area contributed by atoms with Crippen molar-refractivity contribution < 1.29 is 23.9 Å². The lowest BCUT2D eigenvalue weighted by Gasteiger charge is -2.27. The van der Waals surface area contributed by atoms with Crippen molar-refractivity contribution in [2.45, 2.75) is 57.9 Å². The van der Waals surface area contributed by atoms with Gasteiger partial charge in [0, 0.05) is 18.4 Å². The third-order valence-corrected chi connectivity index (χ3v) is 4.57. The highest BCUT2D eigenvalue weighted by molar-refractivity contribution is 5.98. The molecule has 26 heavy (non-hydrogen) atoms. The topological polar surface area (TPSA) is 81.7 Å². The van der Waals surface area contributed by atoms with Gasteiger partial charge < -0.3 is 14.8 Å². The number of hydrogen-bond donors (Lipinski definition) is 1. The van der Waals surface area contributed by atoms with Crippen LogP contribution >= 0.6 is 0 Å². The van der Waals surface area contributed by atoms with Crippen LogP contribution in [0.5, 0.6) is 5.75 Å². The van der Waals surface area contributed by atoms with Gasteiger partial charge in [0.1, 0.15) is 11.3 Å². The standard InChI is InChI=1S/C20H27NO5/c1-3-25-16-9-7-15(8-10-16)17(22)11-12-18(23)21-20(13-5-6-14-20)19(24)26-4-2/h7-10H,3-6,11-14H2,1-2H3,(H,21,23). The molecule has 1 fully saturated rings. The van der Waals surface area contributed by atoms with Gasteiger partial charge in [-0.05, 0) is 51.0 Å². The number of esters is 1. The molecule has 0 spiro atoms. The summed E-state index contributed by atoms with van der Waals surface area (Å²) >= 11 is 0. The molecule has 6 heteroatoms. The Labute approximate surface area is 154 Å². The number of amides is 1. The Bertz CT molecular complexity index is 632. The molecule has 6 nitrogen and oxygen atoms in total. The van der Waals surface area contributed by atoms with Gasteiger partial charge in [0.25, 0.3) is 0 Å². The summed E-state index contributed by atoms with van der Waals surface area (Å²) in [6.07, 6.45) is 3.08. The summed E-state index contributed by atoms with van der Waals surface area (Å²) in [5, 5.41) is 2.82. The van der Waals surface area contributed by atoms with Gasteiger partial charge in [0.05, 0.1) is 13.2 Å². The van der Waals surface area contributed by atoms with Crippen LogP contribution in [0.25, 0.3) is 0 Å². The second-order valence-electron chi connectivity index (χ2n) is 6.44. The fraction of sp³-hybridized carbons (Fsp3) is 0.550. The van der Waals surface area contributed by atoms with E-state index in [1.807, 2.05) is 6.92 Å². The van der Waals surface area contributed by atoms with Gasteiger partial charge in [0.15, 0.2) is 5.78 Å². The Kier molecular flexibility index (Phi) is 7.18. The van der Waals surface area contributed by atoms with E-state index >= 15 is 0 Å². The molecule has 0 aliphatic heterocycles. The van der Waals surface area contributed by atoms with Crippen molar-refractivity contribution in [2.75, 3.05) is 13.2 Å². The van der Waals surface area contributed by atoms with Crippen LogP contribution < -0.4 is 10.1 Å². The second kappa shape index (κ2) is 9.36. The molecule has 1 aromatic rings. The van der Waals surface area contributed by atoms with Crippen LogP contribution in [0.15, 0.2) is 24.3 Å². The molecular formula is C20H27NO5. The fourth-order valence-electron chi connectivity index (χ4n) is 3.23. The number of nitrogens with one attached hydrogen (secondary N) is 1. The number of rotatable bonds is 9. The summed E-state index contributed by atoms with van der Waals surface area (Å²) in [6.45, 7) is 4.49. The van der Waals surface area contributed by atoms with Crippen molar-refractivity contribution in [1.29, 1.82) is 0 Å². The highest BCUT2D eigenvalue weighted by Crippen LogP contribution is 2.31. The zero-order chi connectivity index (χ0) is 19.0. The summed E-state index contributed by atoms with van der Waals surface area (Å²) in [7, 11) is 0. The van der Waals surface area contributed by atoms with E-state index in [0.717, 1.165) is 12.8 Å². The Hall–Kier alpha value is -2.37. The Balaban J connectivity index is 1.88. The van der Waals surface area contributed by atoms with Gasteiger partial charge in [-0.25, -0.2) is 4.79 Å². The van der Waals surface area contributed by atoms with E-state index in [1.165, 1.54) is 0 Å². The first-order valence-corrected chi connectivity index (χ1v) is 9.25. The highest BCUT2D eigenvalue weighted by atomic mass is 16.5. The molecule has 1 aliphatic carbocycles. The average molecular weight is 361 g/mol. The predicted octanol–water partition coefficient (Wildman–Crippen LogP) is 3.04. The highest BCUT2D eigenvalue weighted by Gasteiger charge is 2.43. The van der Waals surface area contributed by atoms with E-state index in [2.05, 4.69) is 5.32 Å². The molecule has 1 amide bonds. The molecule has 0 atom stereocenters. The van der Waals surface area contributed by atoms with E-state index in [-0.39, 0.29) is 37.1 Å². The van der Waals surface area contributed by atoms with Gasteiger partial charge in [-0.2, -0.15) is 0 Å². The lowest BCUT2D eigenvalue weighted by atomic mass is 9.97. The Morgan fingerprint density at radius 1 is 1.00 bits per heavy atom. The van der Waals surface area contributed by atoms with Crippen LogP contribution in [0.3, 0.4) is 0 Å². The molecule has 142 valence electrons. The van der Waals surface area contributed by atoms with E-state index in [0.29, 0.717) is 30.8 Å². The van der Waals surface area contributed by atoms with Crippen molar-refractivity contribution >= 4 is 17.7 Å². The predicted molar refractivity (Wildman–Crippen MR) is 97.2 cm³/mol. The van der Waals surface area contributed by atoms with E-state index in [9.17, 15) is 14.4 Å². The molecule has 0 radical (unpaired) electrons. The molecule has 1 aromatic carbocycles. The van der Waals surface area contributed by atoms with Crippen molar-refractivity contribution in [3.8, 4) is 5.75 Å². The molecular weight excluding hydrogens is 334 g/mol. The smallest absolute Gasteiger partial charge is 0.331 e. The van der Waals surface area contributed by atoms with Crippen LogP contribution in [0.1, 0.15) is 62.7 Å². The van der Waals surface area contributed by atoms with Crippen LogP contribution in [-0.4, -0.2) is 36.4 Å². The minimum Gasteiger partial charge on any atom is -0.494 e. The number of carbonyl (C=O) groups excluding carboxylic acids is 3. The third kappa shape index (κ3) is 5.07. The quantitative estimate of drug-likeness (QED) is 0.540. The molecule has 1 saturated carbocycles. The van der Waals surface area contributed by atoms with Crippen LogP contribution in [0.2, 0.25) is 0 Å². The number of hydrogen-bond acceptors (Lipinski definition) is 5. The van der Waals surface area contributed by atoms with E-state index < -0.39 is 5.54 Å². The summed E-state index contributed by atoms with van der Waals surface area (Å²) in [5.41, 5.74) is -0.378. The fourth-order valence-corrected chi connectivity index (χ4v) is 3.23. The first-order valence-electron chi connectivity index (χ1n) is 9.25. The van der Waals surface area contributed by atoms with Crippen molar-refractivity contribution in [3.05, 3.63) is 29.8 Å². The van der Waals surface area contributed by atoms with Gasteiger partial charge in [0.2, 0.25) is 5.91 Å². The molecule has 0 bridgehead atoms. The minimum absolute atomic E-state index is 0.0488. The van der Waals surface area contributed by atoms with Gasteiger partial charge in [-0.1, -0.05) is 12.8 Å². The molecule has 0 aromatic heterocycles. The average Bonchev–Trinajstić information content (AvgIpc) is 3.10. The normalized spacial score (nSPS) is 15.3. The summed E-state index contributed by atoms with van der Waals surface area (Å²) < 4.78 is 10.5. The van der Waals surface area contributed by atoms with Gasteiger partial charge in [-0.3, -0.25) is 9.59 Å². The molecule has 1 N–H and O–H groups in total. The Morgan fingerprint density at radius 3 is 2.23 bits per heavy atom. The molecule has 1 aliphatic rings. The van der Waals surface area contributed by atoms with Crippen molar-refractivity contribution in [2.24, 2.45) is 0 Å². The van der Waals surface area contributed by atoms with E-state index in [1.54, 1.807) is 31.2 Å². The number of Topliss-reactive ketones (excluding diaryl/α,β-unsaturated/α-hetero) is 1. The first kappa shape index (κ1) is 19.9. The molecule has 2 rings (SSSR count). The van der Waals surface area contributed by atoms with E-state index in [4.69, 9.17) is 9.47 Å². The monoisotopic (exact) mass is 361 g/mol. The number of carbonyl (C=O) groups is 3. The zero-order valence-corrected chi connectivity index (χ0v) is 15.5. The van der Waals surface area contributed by atoms with Crippen LogP contribution in [0.4, 0.5) is 0 Å². The largest absolute Gasteiger partial charge is 0.494 e. The lowest BCUT2D eigenvalue weighted by molar-refractivity contribution is -0.153. The SMILES string of the molecule is CCOC(=O)C1(NC(=O)CCC(=O)c2ccc(OCC)cc2)CCCC1. The zero-order valence-electron chi connectivity index (χ0n) is 15.5. The minimum atomic E-state index is -0.921. The maximum atomic E-state index is 12.3. The maximum absolute atomic E-state index is 12.3. The van der Waals surface area contributed by atoms with Gasteiger partial charge in [-0.15, -0.1) is 0 Å². The number of ketones is 1. The first-order chi connectivity index (χ1) is 12.5. The molecule has 0 heterocycles. The Morgan fingerprint density at radius 2 is 1.65 bits per heavy atom. The molecule has 0 unspecified atom stereocenters.